The molecular formula is C18H32N2S. The average molecular weight is 309 g/mol. The van der Waals surface area contributed by atoms with Crippen molar-refractivity contribution in [2.24, 2.45) is 0 Å². The zero-order valence-corrected chi connectivity index (χ0v) is 15.6. The second-order valence-electron chi connectivity index (χ2n) is 6.97. The Bertz CT molecular complexity index is 437. The van der Waals surface area contributed by atoms with Crippen molar-refractivity contribution in [2.75, 3.05) is 24.0 Å². The van der Waals surface area contributed by atoms with Crippen LogP contribution in [0, 0.1) is 6.92 Å². The van der Waals surface area contributed by atoms with Crippen molar-refractivity contribution in [2.45, 2.75) is 59.2 Å². The first-order valence-corrected chi connectivity index (χ1v) is 9.20. The van der Waals surface area contributed by atoms with E-state index in [2.05, 4.69) is 76.3 Å². The van der Waals surface area contributed by atoms with Gasteiger partial charge in [-0.3, -0.25) is 0 Å². The molecule has 3 heteroatoms. The van der Waals surface area contributed by atoms with Gasteiger partial charge in [-0.2, -0.15) is 11.8 Å². The van der Waals surface area contributed by atoms with Crippen LogP contribution >= 0.6 is 11.8 Å². The number of rotatable bonds is 7. The highest BCUT2D eigenvalue weighted by Crippen LogP contribution is 2.23. The Balaban J connectivity index is 2.73. The molecule has 0 heterocycles. The summed E-state index contributed by atoms with van der Waals surface area (Å²) in [5.74, 6) is 1.22. The van der Waals surface area contributed by atoms with Crippen LogP contribution < -0.4 is 10.2 Å². The van der Waals surface area contributed by atoms with Gasteiger partial charge in [0.05, 0.1) is 0 Å². The van der Waals surface area contributed by atoms with E-state index < -0.39 is 0 Å². The van der Waals surface area contributed by atoms with E-state index in [-0.39, 0.29) is 5.54 Å². The largest absolute Gasteiger partial charge is 0.372 e. The Labute approximate surface area is 135 Å². The van der Waals surface area contributed by atoms with Gasteiger partial charge in [-0.1, -0.05) is 12.1 Å². The molecule has 1 unspecified atom stereocenters. The highest BCUT2D eigenvalue weighted by atomic mass is 32.2. The zero-order valence-electron chi connectivity index (χ0n) is 14.8. The highest BCUT2D eigenvalue weighted by molar-refractivity contribution is 7.98. The summed E-state index contributed by atoms with van der Waals surface area (Å²) in [4.78, 5) is 2.41. The molecule has 0 saturated heterocycles. The molecule has 120 valence electrons. The van der Waals surface area contributed by atoms with Gasteiger partial charge >= 0.3 is 0 Å². The molecule has 0 fully saturated rings. The first-order valence-electron chi connectivity index (χ1n) is 7.81. The van der Waals surface area contributed by atoms with E-state index in [1.165, 1.54) is 29.0 Å². The van der Waals surface area contributed by atoms with E-state index in [1.807, 2.05) is 11.8 Å². The van der Waals surface area contributed by atoms with Crippen molar-refractivity contribution >= 4 is 17.4 Å². The minimum Gasteiger partial charge on any atom is -0.372 e. The van der Waals surface area contributed by atoms with Crippen LogP contribution in [0.5, 0.6) is 0 Å². The van der Waals surface area contributed by atoms with E-state index in [9.17, 15) is 0 Å². The van der Waals surface area contributed by atoms with Gasteiger partial charge in [-0.05, 0) is 70.2 Å². The molecule has 1 rings (SSSR count). The minimum absolute atomic E-state index is 0.162. The molecule has 21 heavy (non-hydrogen) atoms. The maximum atomic E-state index is 3.55. The van der Waals surface area contributed by atoms with Crippen molar-refractivity contribution < 1.29 is 0 Å². The molecule has 1 atom stereocenters. The highest BCUT2D eigenvalue weighted by Gasteiger charge is 2.13. The third-order valence-electron chi connectivity index (χ3n) is 3.86. The van der Waals surface area contributed by atoms with Gasteiger partial charge in [0.15, 0.2) is 0 Å². The third kappa shape index (κ3) is 6.31. The van der Waals surface area contributed by atoms with Crippen molar-refractivity contribution in [1.82, 2.24) is 5.32 Å². The lowest BCUT2D eigenvalue weighted by atomic mass is 10.1. The average Bonchev–Trinajstić information content (AvgIpc) is 2.41. The summed E-state index contributed by atoms with van der Waals surface area (Å²) in [6, 6.07) is 7.41. The Morgan fingerprint density at radius 2 is 1.95 bits per heavy atom. The SMILES string of the molecule is CSCCC(C)N(C)c1ccc(CNC(C)(C)C)cc1C. The predicted octanol–water partition coefficient (Wildman–Crippen LogP) is 4.46. The Morgan fingerprint density at radius 3 is 2.48 bits per heavy atom. The molecule has 0 aliphatic carbocycles. The number of benzene rings is 1. The monoisotopic (exact) mass is 308 g/mol. The molecule has 0 radical (unpaired) electrons. The third-order valence-corrected chi connectivity index (χ3v) is 4.51. The smallest absolute Gasteiger partial charge is 0.0395 e. The topological polar surface area (TPSA) is 15.3 Å². The standard InChI is InChI=1S/C18H32N2S/c1-14-12-16(13-19-18(3,4)5)8-9-17(14)20(6)15(2)10-11-21-7/h8-9,12,15,19H,10-11,13H2,1-7H3. The molecule has 0 bridgehead atoms. The number of hydrogen-bond donors (Lipinski definition) is 1. The van der Waals surface area contributed by atoms with Crippen molar-refractivity contribution in [3.8, 4) is 0 Å². The summed E-state index contributed by atoms with van der Waals surface area (Å²) in [7, 11) is 2.21. The minimum atomic E-state index is 0.162. The normalized spacial score (nSPS) is 13.3. The summed E-state index contributed by atoms with van der Waals surface area (Å²) in [6.07, 6.45) is 3.40. The molecule has 0 saturated carbocycles. The number of nitrogens with zero attached hydrogens (tertiary/aromatic N) is 1. The quantitative estimate of drug-likeness (QED) is 0.800. The van der Waals surface area contributed by atoms with E-state index in [1.54, 1.807) is 0 Å². The van der Waals surface area contributed by atoms with Crippen LogP contribution in [0.1, 0.15) is 45.2 Å². The number of thioether (sulfide) groups is 1. The molecule has 2 nitrogen and oxygen atoms in total. The molecule has 0 spiro atoms. The Hall–Kier alpha value is -0.670. The lowest BCUT2D eigenvalue weighted by molar-refractivity contribution is 0.424. The van der Waals surface area contributed by atoms with Crippen LogP contribution in [0.15, 0.2) is 18.2 Å². The molecule has 0 aliphatic rings. The van der Waals surface area contributed by atoms with Crippen molar-refractivity contribution in [1.29, 1.82) is 0 Å². The molecule has 1 aromatic carbocycles. The molecule has 1 aromatic rings. The Kier molecular flexibility index (Phi) is 7.08. The second-order valence-corrected chi connectivity index (χ2v) is 7.95. The van der Waals surface area contributed by atoms with Gasteiger partial charge in [-0.15, -0.1) is 0 Å². The molecule has 1 N–H and O–H groups in total. The Morgan fingerprint density at radius 1 is 1.29 bits per heavy atom. The maximum Gasteiger partial charge on any atom is 0.0395 e. The lowest BCUT2D eigenvalue weighted by Gasteiger charge is -2.29. The van der Waals surface area contributed by atoms with E-state index >= 15 is 0 Å². The van der Waals surface area contributed by atoms with Gasteiger partial charge in [-0.25, -0.2) is 0 Å². The first kappa shape index (κ1) is 18.4. The predicted molar refractivity (Wildman–Crippen MR) is 98.6 cm³/mol. The number of hydrogen-bond acceptors (Lipinski definition) is 3. The van der Waals surface area contributed by atoms with Crippen molar-refractivity contribution in [3.63, 3.8) is 0 Å². The molecule has 0 aromatic heterocycles. The van der Waals surface area contributed by atoms with Gasteiger partial charge in [0.1, 0.15) is 0 Å². The van der Waals surface area contributed by atoms with Gasteiger partial charge in [0, 0.05) is 30.9 Å². The zero-order chi connectivity index (χ0) is 16.0. The van der Waals surface area contributed by atoms with E-state index in [0.29, 0.717) is 6.04 Å². The number of nitrogens with one attached hydrogen (secondary N) is 1. The fraction of sp³-hybridized carbons (Fsp3) is 0.667. The van der Waals surface area contributed by atoms with Crippen LogP contribution in [-0.2, 0) is 6.54 Å². The van der Waals surface area contributed by atoms with Crippen LogP contribution in [0.3, 0.4) is 0 Å². The van der Waals surface area contributed by atoms with E-state index in [0.717, 1.165) is 6.54 Å². The van der Waals surface area contributed by atoms with E-state index in [4.69, 9.17) is 0 Å². The summed E-state index contributed by atoms with van der Waals surface area (Å²) < 4.78 is 0. The van der Waals surface area contributed by atoms with Gasteiger partial charge in [0.2, 0.25) is 0 Å². The second kappa shape index (κ2) is 8.09. The summed E-state index contributed by atoms with van der Waals surface area (Å²) in [5.41, 5.74) is 4.23. The van der Waals surface area contributed by atoms with Crippen LogP contribution in [-0.4, -0.2) is 30.6 Å². The van der Waals surface area contributed by atoms with Crippen molar-refractivity contribution in [3.05, 3.63) is 29.3 Å². The van der Waals surface area contributed by atoms with Crippen LogP contribution in [0.4, 0.5) is 5.69 Å². The summed E-state index contributed by atoms with van der Waals surface area (Å²) >= 11 is 1.92. The number of anilines is 1. The van der Waals surface area contributed by atoms with Gasteiger partial charge < -0.3 is 10.2 Å². The first-order chi connectivity index (χ1) is 9.74. The molecule has 0 amide bonds. The summed E-state index contributed by atoms with van der Waals surface area (Å²) in [5, 5.41) is 3.55. The fourth-order valence-corrected chi connectivity index (χ4v) is 2.89. The van der Waals surface area contributed by atoms with Gasteiger partial charge in [0.25, 0.3) is 0 Å². The summed E-state index contributed by atoms with van der Waals surface area (Å²) in [6.45, 7) is 12.1. The number of aryl methyl sites for hydroxylation is 1. The maximum absolute atomic E-state index is 3.55. The van der Waals surface area contributed by atoms with Crippen LogP contribution in [0.2, 0.25) is 0 Å². The molecule has 0 aliphatic heterocycles. The fourth-order valence-electron chi connectivity index (χ4n) is 2.31. The lowest BCUT2D eigenvalue weighted by Crippen LogP contribution is -2.35. The van der Waals surface area contributed by atoms with Crippen LogP contribution in [0.25, 0.3) is 0 Å². The molecular weight excluding hydrogens is 276 g/mol.